The smallest absolute Gasteiger partial charge is 0.360 e. The molecular formula is C19H16N4O3. The molecule has 1 N–H and O–H groups in total. The Morgan fingerprint density at radius 1 is 1.12 bits per heavy atom. The lowest BCUT2D eigenvalue weighted by molar-refractivity contribution is 0.0275. The van der Waals surface area contributed by atoms with Crippen LogP contribution in [0.25, 0.3) is 22.4 Å². The van der Waals surface area contributed by atoms with Crippen LogP contribution in [0.2, 0.25) is 0 Å². The Kier molecular flexibility index (Phi) is 3.96. The molecule has 0 aliphatic rings. The van der Waals surface area contributed by atoms with Gasteiger partial charge in [-0.3, -0.25) is 5.10 Å². The fourth-order valence-electron chi connectivity index (χ4n) is 2.60. The van der Waals surface area contributed by atoms with Gasteiger partial charge in [-0.1, -0.05) is 35.9 Å². The first-order chi connectivity index (χ1) is 12.6. The summed E-state index contributed by atoms with van der Waals surface area (Å²) >= 11 is 0. The number of nitrogens with zero attached hydrogens (tertiary/aromatic N) is 3. The molecule has 7 heteroatoms. The van der Waals surface area contributed by atoms with Crippen molar-refractivity contribution in [3.05, 3.63) is 65.7 Å². The number of rotatable bonds is 4. The third-order valence-corrected chi connectivity index (χ3v) is 4.03. The first-order valence-corrected chi connectivity index (χ1v) is 8.16. The zero-order valence-electron chi connectivity index (χ0n) is 14.3. The Hall–Kier alpha value is -3.48. The number of nitrogens with one attached hydrogen (secondary N) is 1. The van der Waals surface area contributed by atoms with Crippen LogP contribution in [0.5, 0.6) is 0 Å². The summed E-state index contributed by atoms with van der Waals surface area (Å²) < 4.78 is 11.1. The fourth-order valence-corrected chi connectivity index (χ4v) is 2.60. The van der Waals surface area contributed by atoms with E-state index in [4.69, 9.17) is 9.15 Å². The van der Waals surface area contributed by atoms with Crippen LogP contribution in [0.3, 0.4) is 0 Å². The van der Waals surface area contributed by atoms with Crippen molar-refractivity contribution >= 4 is 16.9 Å². The van der Waals surface area contributed by atoms with Gasteiger partial charge in [0.05, 0.1) is 5.52 Å². The second-order valence-electron chi connectivity index (χ2n) is 5.98. The van der Waals surface area contributed by atoms with Crippen molar-refractivity contribution in [2.75, 3.05) is 0 Å². The summed E-state index contributed by atoms with van der Waals surface area (Å²) in [4.78, 5) is 12.4. The number of aryl methyl sites for hydroxylation is 1. The molecule has 4 aromatic rings. The van der Waals surface area contributed by atoms with Gasteiger partial charge in [-0.15, -0.1) is 10.2 Å². The minimum absolute atomic E-state index is 0.228. The quantitative estimate of drug-likeness (QED) is 0.563. The molecule has 0 aliphatic heterocycles. The Balaban J connectivity index is 1.52. The van der Waals surface area contributed by atoms with E-state index in [0.717, 1.165) is 16.6 Å². The van der Waals surface area contributed by atoms with E-state index in [9.17, 15) is 4.79 Å². The maximum atomic E-state index is 12.4. The average Bonchev–Trinajstić information content (AvgIpc) is 3.30. The average molecular weight is 348 g/mol. The molecule has 0 amide bonds. The molecular weight excluding hydrogens is 332 g/mol. The second kappa shape index (κ2) is 6.44. The molecule has 2 aromatic heterocycles. The van der Waals surface area contributed by atoms with E-state index in [2.05, 4.69) is 20.4 Å². The molecule has 0 aliphatic carbocycles. The van der Waals surface area contributed by atoms with E-state index in [1.165, 1.54) is 0 Å². The number of fused-ring (bicyclic) bond motifs is 1. The molecule has 0 fully saturated rings. The lowest BCUT2D eigenvalue weighted by Gasteiger charge is -2.08. The Labute approximate surface area is 149 Å². The van der Waals surface area contributed by atoms with Crippen LogP contribution < -0.4 is 0 Å². The van der Waals surface area contributed by atoms with E-state index in [1.54, 1.807) is 6.92 Å². The van der Waals surface area contributed by atoms with Gasteiger partial charge in [-0.05, 0) is 32.0 Å². The summed E-state index contributed by atoms with van der Waals surface area (Å²) in [5, 5.41) is 15.6. The number of aromatic amines is 1. The monoisotopic (exact) mass is 348 g/mol. The molecule has 4 rings (SSSR count). The Morgan fingerprint density at radius 3 is 2.69 bits per heavy atom. The topological polar surface area (TPSA) is 93.9 Å². The highest BCUT2D eigenvalue weighted by Gasteiger charge is 2.22. The van der Waals surface area contributed by atoms with Gasteiger partial charge in [0.1, 0.15) is 0 Å². The molecule has 26 heavy (non-hydrogen) atoms. The van der Waals surface area contributed by atoms with E-state index in [0.29, 0.717) is 11.3 Å². The summed E-state index contributed by atoms with van der Waals surface area (Å²) in [6.45, 7) is 3.68. The molecule has 130 valence electrons. The predicted octanol–water partition coefficient (Wildman–Crippen LogP) is 3.84. The summed E-state index contributed by atoms with van der Waals surface area (Å²) in [5.74, 6) is 0.0620. The molecule has 0 unspecified atom stereocenters. The summed E-state index contributed by atoms with van der Waals surface area (Å²) in [7, 11) is 0. The zero-order chi connectivity index (χ0) is 18.1. The molecule has 0 radical (unpaired) electrons. The van der Waals surface area contributed by atoms with E-state index >= 15 is 0 Å². The van der Waals surface area contributed by atoms with Crippen molar-refractivity contribution in [2.45, 2.75) is 20.0 Å². The second-order valence-corrected chi connectivity index (χ2v) is 5.98. The molecule has 1 atom stereocenters. The number of ether oxygens (including phenoxy) is 1. The summed E-state index contributed by atoms with van der Waals surface area (Å²) in [6, 6.07) is 15.1. The molecule has 2 aromatic carbocycles. The van der Waals surface area contributed by atoms with Gasteiger partial charge >= 0.3 is 5.97 Å². The number of carbonyl (C=O) groups excluding carboxylic acids is 1. The first-order valence-electron chi connectivity index (χ1n) is 8.16. The van der Waals surface area contributed by atoms with E-state index < -0.39 is 12.1 Å². The maximum absolute atomic E-state index is 12.4. The normalized spacial score (nSPS) is 12.2. The molecule has 0 saturated carbocycles. The molecule has 0 spiro atoms. The first kappa shape index (κ1) is 16.0. The highest BCUT2D eigenvalue weighted by molar-refractivity contribution is 6.01. The van der Waals surface area contributed by atoms with Crippen LogP contribution in [-0.4, -0.2) is 26.4 Å². The van der Waals surface area contributed by atoms with Crippen molar-refractivity contribution in [1.29, 1.82) is 0 Å². The number of para-hydroxylation sites is 1. The molecule has 0 bridgehead atoms. The van der Waals surface area contributed by atoms with Gasteiger partial charge in [0, 0.05) is 10.9 Å². The van der Waals surface area contributed by atoms with Gasteiger partial charge in [0.2, 0.25) is 5.89 Å². The van der Waals surface area contributed by atoms with Crippen molar-refractivity contribution in [3.8, 4) is 11.5 Å². The van der Waals surface area contributed by atoms with Gasteiger partial charge in [-0.2, -0.15) is 5.10 Å². The minimum atomic E-state index is -0.690. The van der Waals surface area contributed by atoms with Gasteiger partial charge in [0.25, 0.3) is 5.89 Å². The highest BCUT2D eigenvalue weighted by atomic mass is 16.6. The third-order valence-electron chi connectivity index (χ3n) is 4.03. The Bertz CT molecular complexity index is 1070. The van der Waals surface area contributed by atoms with Crippen molar-refractivity contribution in [3.63, 3.8) is 0 Å². The number of benzene rings is 2. The number of H-pyrrole nitrogens is 1. The van der Waals surface area contributed by atoms with Gasteiger partial charge < -0.3 is 9.15 Å². The zero-order valence-corrected chi connectivity index (χ0v) is 14.3. The predicted molar refractivity (Wildman–Crippen MR) is 94.4 cm³/mol. The van der Waals surface area contributed by atoms with E-state index in [-0.39, 0.29) is 11.6 Å². The standard InChI is InChI=1S/C19H16N4O3/c1-11-7-9-13(10-8-11)18-23-22-17(26-18)12(2)25-19(24)16-14-5-3-4-6-15(14)20-21-16/h3-10,12H,1-2H3,(H,20,21)/t12-/m1/s1. The number of hydrogen-bond donors (Lipinski definition) is 1. The van der Waals surface area contributed by atoms with E-state index in [1.807, 2.05) is 55.5 Å². The lowest BCUT2D eigenvalue weighted by Crippen LogP contribution is -2.10. The summed E-state index contributed by atoms with van der Waals surface area (Å²) in [5.41, 5.74) is 2.95. The Morgan fingerprint density at radius 2 is 1.88 bits per heavy atom. The van der Waals surface area contributed by atoms with Gasteiger partial charge in [0.15, 0.2) is 11.8 Å². The molecule has 2 heterocycles. The number of esters is 1. The van der Waals surface area contributed by atoms with Crippen LogP contribution in [0.15, 0.2) is 52.9 Å². The van der Waals surface area contributed by atoms with Crippen molar-refractivity contribution in [2.24, 2.45) is 0 Å². The van der Waals surface area contributed by atoms with Crippen LogP contribution in [0.4, 0.5) is 0 Å². The minimum Gasteiger partial charge on any atom is -0.448 e. The van der Waals surface area contributed by atoms with Gasteiger partial charge in [-0.25, -0.2) is 4.79 Å². The van der Waals surface area contributed by atoms with Crippen molar-refractivity contribution in [1.82, 2.24) is 20.4 Å². The molecule has 0 saturated heterocycles. The number of hydrogen-bond acceptors (Lipinski definition) is 6. The SMILES string of the molecule is Cc1ccc(-c2nnc([C@@H](C)OC(=O)c3n[nH]c4ccccc34)o2)cc1. The third kappa shape index (κ3) is 2.95. The largest absolute Gasteiger partial charge is 0.448 e. The summed E-state index contributed by atoms with van der Waals surface area (Å²) in [6.07, 6.45) is -0.690. The lowest BCUT2D eigenvalue weighted by atomic mass is 10.1. The van der Waals surface area contributed by atoms with Crippen LogP contribution in [0, 0.1) is 6.92 Å². The fraction of sp³-hybridized carbons (Fsp3) is 0.158. The van der Waals surface area contributed by atoms with Crippen molar-refractivity contribution < 1.29 is 13.9 Å². The van der Waals surface area contributed by atoms with Crippen LogP contribution >= 0.6 is 0 Å². The number of aromatic nitrogens is 4. The maximum Gasteiger partial charge on any atom is 0.360 e. The van der Waals surface area contributed by atoms with Crippen LogP contribution in [-0.2, 0) is 4.74 Å². The highest BCUT2D eigenvalue weighted by Crippen LogP contribution is 2.24. The molecule has 7 nitrogen and oxygen atoms in total. The van der Waals surface area contributed by atoms with Crippen LogP contribution in [0.1, 0.15) is 35.0 Å². The number of carbonyl (C=O) groups is 1.